The number of carbonyl (C=O) groups excluding carboxylic acids is 2. The lowest BCUT2D eigenvalue weighted by Crippen LogP contribution is -2.27. The number of nitrogens with one attached hydrogen (secondary N) is 1. The van der Waals surface area contributed by atoms with Gasteiger partial charge in [-0.05, 0) is 30.7 Å². The molecule has 34 heavy (non-hydrogen) atoms. The molecular formula is C24H24N4O5S. The molecule has 1 N–H and O–H groups in total. The monoisotopic (exact) mass is 480 g/mol. The smallest absolute Gasteiger partial charge is 0.321 e. The molecular weight excluding hydrogens is 456 g/mol. The van der Waals surface area contributed by atoms with Crippen LogP contribution in [0.5, 0.6) is 0 Å². The Morgan fingerprint density at radius 1 is 1.21 bits per heavy atom. The first kappa shape index (κ1) is 23.2. The molecule has 0 aliphatic carbocycles. The summed E-state index contributed by atoms with van der Waals surface area (Å²) in [5.74, 6) is -0.973. The van der Waals surface area contributed by atoms with E-state index in [1.807, 2.05) is 43.5 Å². The lowest BCUT2D eigenvalue weighted by molar-refractivity contribution is -0.137. The number of carbonyl (C=O) groups is 2. The minimum absolute atomic E-state index is 0.00775. The zero-order valence-corrected chi connectivity index (χ0v) is 19.7. The lowest BCUT2D eigenvalue weighted by Gasteiger charge is -2.25. The van der Waals surface area contributed by atoms with Crippen LogP contribution in [0.4, 0.5) is 5.82 Å². The minimum Gasteiger partial charge on any atom is -0.468 e. The van der Waals surface area contributed by atoms with Gasteiger partial charge in [0.25, 0.3) is 0 Å². The maximum atomic E-state index is 12.4. The second-order valence-corrected chi connectivity index (χ2v) is 9.84. The number of esters is 1. The van der Waals surface area contributed by atoms with Crippen molar-refractivity contribution in [3.8, 4) is 11.3 Å². The van der Waals surface area contributed by atoms with Gasteiger partial charge >= 0.3 is 5.97 Å². The summed E-state index contributed by atoms with van der Waals surface area (Å²) in [4.78, 5) is 28.3. The summed E-state index contributed by atoms with van der Waals surface area (Å²) in [7, 11) is -0.913. The third kappa shape index (κ3) is 4.32. The number of aromatic nitrogens is 3. The number of amides is 1. The zero-order valence-electron chi connectivity index (χ0n) is 18.9. The van der Waals surface area contributed by atoms with E-state index in [9.17, 15) is 18.0 Å². The second-order valence-electron chi connectivity index (χ2n) is 7.85. The lowest BCUT2D eigenvalue weighted by atomic mass is 10.1. The molecule has 0 unspecified atom stereocenters. The van der Waals surface area contributed by atoms with Crippen LogP contribution < -0.4 is 4.90 Å². The van der Waals surface area contributed by atoms with Gasteiger partial charge in [-0.15, -0.1) is 0 Å². The largest absolute Gasteiger partial charge is 0.468 e. The Morgan fingerprint density at radius 3 is 2.62 bits per heavy atom. The number of para-hydroxylation sites is 1. The van der Waals surface area contributed by atoms with Crippen molar-refractivity contribution >= 4 is 38.9 Å². The van der Waals surface area contributed by atoms with E-state index in [-0.39, 0.29) is 4.90 Å². The van der Waals surface area contributed by atoms with Gasteiger partial charge in [0.2, 0.25) is 6.41 Å². The summed E-state index contributed by atoms with van der Waals surface area (Å²) in [5, 5.41) is 5.67. The van der Waals surface area contributed by atoms with Crippen LogP contribution in [-0.4, -0.2) is 48.4 Å². The van der Waals surface area contributed by atoms with Crippen molar-refractivity contribution in [2.45, 2.75) is 17.9 Å². The number of aryl methyl sites for hydroxylation is 1. The standard InChI is InChI=1S/C24H24N4O5S/c1-16(17-7-9-19(10-8-17)34(31,32)14-23(30)33-3)28(15-29)22-13-21(26-27(22)2)20-6-4-5-18-11-12-25-24(18)20/h4-13,15-16,25H,14H2,1-3H3/t16-/m1/s1. The molecule has 0 saturated carbocycles. The average molecular weight is 481 g/mol. The van der Waals surface area contributed by atoms with Gasteiger partial charge in [-0.25, -0.2) is 8.42 Å². The second kappa shape index (κ2) is 9.14. The van der Waals surface area contributed by atoms with E-state index in [4.69, 9.17) is 0 Å². The number of hydrogen-bond donors (Lipinski definition) is 1. The van der Waals surface area contributed by atoms with Crippen LogP contribution in [0.1, 0.15) is 18.5 Å². The molecule has 10 heteroatoms. The van der Waals surface area contributed by atoms with Crippen LogP contribution in [0, 0.1) is 0 Å². The van der Waals surface area contributed by atoms with Gasteiger partial charge in [0, 0.05) is 30.3 Å². The van der Waals surface area contributed by atoms with E-state index >= 15 is 0 Å². The van der Waals surface area contributed by atoms with Gasteiger partial charge in [0.15, 0.2) is 15.6 Å². The van der Waals surface area contributed by atoms with Crippen molar-refractivity contribution < 1.29 is 22.7 Å². The Kier molecular flexibility index (Phi) is 6.25. The van der Waals surface area contributed by atoms with Crippen LogP contribution >= 0.6 is 0 Å². The van der Waals surface area contributed by atoms with Crippen molar-refractivity contribution in [3.63, 3.8) is 0 Å². The van der Waals surface area contributed by atoms with E-state index in [1.165, 1.54) is 17.0 Å². The molecule has 0 saturated heterocycles. The van der Waals surface area contributed by atoms with Crippen LogP contribution in [0.15, 0.2) is 65.7 Å². The van der Waals surface area contributed by atoms with E-state index in [1.54, 1.807) is 23.9 Å². The summed E-state index contributed by atoms with van der Waals surface area (Å²) in [6.07, 6.45) is 2.59. The zero-order chi connectivity index (χ0) is 24.5. The molecule has 0 aliphatic rings. The minimum atomic E-state index is -3.81. The Hall–Kier alpha value is -3.92. The van der Waals surface area contributed by atoms with Gasteiger partial charge < -0.3 is 9.72 Å². The van der Waals surface area contributed by atoms with Crippen molar-refractivity contribution in [1.29, 1.82) is 0 Å². The Morgan fingerprint density at radius 2 is 1.94 bits per heavy atom. The summed E-state index contributed by atoms with van der Waals surface area (Å²) in [6, 6.07) is 15.5. The van der Waals surface area contributed by atoms with Gasteiger partial charge in [-0.1, -0.05) is 30.3 Å². The number of nitrogens with zero attached hydrogens (tertiary/aromatic N) is 3. The first-order valence-electron chi connectivity index (χ1n) is 10.5. The molecule has 0 aliphatic heterocycles. The molecule has 0 fully saturated rings. The average Bonchev–Trinajstić information content (AvgIpc) is 3.46. The highest BCUT2D eigenvalue weighted by atomic mass is 32.2. The van der Waals surface area contributed by atoms with Gasteiger partial charge in [0.05, 0.1) is 29.3 Å². The van der Waals surface area contributed by atoms with Crippen LogP contribution in [0.3, 0.4) is 0 Å². The van der Waals surface area contributed by atoms with Gasteiger partial charge in [-0.2, -0.15) is 5.10 Å². The molecule has 9 nitrogen and oxygen atoms in total. The molecule has 1 amide bonds. The number of rotatable bonds is 8. The molecule has 176 valence electrons. The van der Waals surface area contributed by atoms with E-state index < -0.39 is 27.6 Å². The maximum absolute atomic E-state index is 12.4. The summed E-state index contributed by atoms with van der Waals surface area (Å²) in [5.41, 5.74) is 3.32. The normalized spacial score (nSPS) is 12.4. The third-order valence-electron chi connectivity index (χ3n) is 5.77. The summed E-state index contributed by atoms with van der Waals surface area (Å²) in [6.45, 7) is 1.84. The van der Waals surface area contributed by atoms with Crippen molar-refractivity contribution in [2.24, 2.45) is 7.05 Å². The third-order valence-corrected chi connectivity index (χ3v) is 7.38. The molecule has 0 spiro atoms. The fraction of sp³-hybridized carbons (Fsp3) is 0.208. The molecule has 4 rings (SSSR count). The van der Waals surface area contributed by atoms with Gasteiger partial charge in [0.1, 0.15) is 5.82 Å². The number of benzene rings is 2. The van der Waals surface area contributed by atoms with Crippen LogP contribution in [0.25, 0.3) is 22.2 Å². The maximum Gasteiger partial charge on any atom is 0.321 e. The SMILES string of the molecule is COC(=O)CS(=O)(=O)c1ccc([C@@H](C)N(C=O)c2cc(-c3cccc4cc[nH]c34)nn2C)cc1. The number of ether oxygens (including phenoxy) is 1. The highest BCUT2D eigenvalue weighted by Crippen LogP contribution is 2.32. The van der Waals surface area contributed by atoms with Crippen LogP contribution in [-0.2, 0) is 31.2 Å². The topological polar surface area (TPSA) is 114 Å². The summed E-state index contributed by atoms with van der Waals surface area (Å²) >= 11 is 0. The van der Waals surface area contributed by atoms with E-state index in [0.29, 0.717) is 11.5 Å². The first-order chi connectivity index (χ1) is 16.2. The summed E-state index contributed by atoms with van der Waals surface area (Å²) < 4.78 is 30.8. The number of anilines is 1. The molecule has 2 aromatic carbocycles. The molecule has 0 radical (unpaired) electrons. The van der Waals surface area contributed by atoms with Crippen molar-refractivity contribution in [3.05, 3.63) is 66.4 Å². The fourth-order valence-corrected chi connectivity index (χ4v) is 5.03. The number of H-pyrrole nitrogens is 1. The molecule has 0 bridgehead atoms. The fourth-order valence-electron chi connectivity index (χ4n) is 3.88. The van der Waals surface area contributed by atoms with E-state index in [2.05, 4.69) is 14.8 Å². The number of fused-ring (bicyclic) bond motifs is 1. The number of sulfone groups is 1. The highest BCUT2D eigenvalue weighted by Gasteiger charge is 2.23. The first-order valence-corrected chi connectivity index (χ1v) is 12.1. The number of methoxy groups -OCH3 is 1. The van der Waals surface area contributed by atoms with Gasteiger partial charge in [-0.3, -0.25) is 19.2 Å². The molecule has 2 aromatic heterocycles. The molecule has 1 atom stereocenters. The predicted molar refractivity (Wildman–Crippen MR) is 128 cm³/mol. The number of hydrogen-bond acceptors (Lipinski definition) is 6. The van der Waals surface area contributed by atoms with Crippen LogP contribution in [0.2, 0.25) is 0 Å². The predicted octanol–water partition coefficient (Wildman–Crippen LogP) is 3.24. The van der Waals surface area contributed by atoms with E-state index in [0.717, 1.165) is 35.5 Å². The Labute approximate surface area is 196 Å². The quantitative estimate of drug-likeness (QED) is 0.306. The van der Waals surface area contributed by atoms with Crippen molar-refractivity contribution in [2.75, 3.05) is 17.8 Å². The van der Waals surface area contributed by atoms with Crippen molar-refractivity contribution in [1.82, 2.24) is 14.8 Å². The Bertz CT molecular complexity index is 1450. The molecule has 4 aromatic rings. The molecule has 2 heterocycles. The number of aromatic amines is 1. The highest BCUT2D eigenvalue weighted by molar-refractivity contribution is 7.92. The Balaban J connectivity index is 1.62.